The summed E-state index contributed by atoms with van der Waals surface area (Å²) >= 11 is 7.12. The predicted molar refractivity (Wildman–Crippen MR) is 108 cm³/mol. The molecule has 2 heterocycles. The normalized spacial score (nSPS) is 11.4. The van der Waals surface area contributed by atoms with Crippen LogP contribution in [0.4, 0.5) is 18.3 Å². The predicted octanol–water partition coefficient (Wildman–Crippen LogP) is 3.34. The van der Waals surface area contributed by atoms with Crippen molar-refractivity contribution in [2.75, 3.05) is 19.4 Å². The van der Waals surface area contributed by atoms with E-state index in [1.54, 1.807) is 14.1 Å². The Kier molecular flexibility index (Phi) is 6.60. The van der Waals surface area contributed by atoms with Crippen molar-refractivity contribution in [3.63, 3.8) is 0 Å². The molecule has 2 amide bonds. The van der Waals surface area contributed by atoms with Crippen LogP contribution in [0.25, 0.3) is 0 Å². The second-order valence-corrected chi connectivity index (χ2v) is 8.18. The van der Waals surface area contributed by atoms with Crippen molar-refractivity contribution < 1.29 is 22.8 Å². The first kappa shape index (κ1) is 22.7. The lowest BCUT2D eigenvalue weighted by atomic mass is 10.1. The number of carbonyl (C=O) groups excluding carboxylic acids is 2. The van der Waals surface area contributed by atoms with E-state index < -0.39 is 17.6 Å². The summed E-state index contributed by atoms with van der Waals surface area (Å²) in [5.74, 6) is -0.795. The molecule has 164 valence electrons. The summed E-state index contributed by atoms with van der Waals surface area (Å²) in [5.41, 5.74) is -0.503. The van der Waals surface area contributed by atoms with Crippen LogP contribution in [-0.2, 0) is 23.9 Å². The minimum atomic E-state index is -4.47. The summed E-state index contributed by atoms with van der Waals surface area (Å²) in [6, 6.07) is 3.12. The number of likely N-dealkylation sites (N-methyl/N-ethyl adjacent to an activating group) is 1. The Morgan fingerprint density at radius 3 is 2.71 bits per heavy atom. The van der Waals surface area contributed by atoms with E-state index in [2.05, 4.69) is 20.6 Å². The van der Waals surface area contributed by atoms with E-state index in [0.717, 1.165) is 23.5 Å². The van der Waals surface area contributed by atoms with Crippen molar-refractivity contribution in [1.29, 1.82) is 0 Å². The quantitative estimate of drug-likeness (QED) is 0.594. The Balaban J connectivity index is 1.66. The lowest BCUT2D eigenvalue weighted by molar-refractivity contribution is -0.137. The third-order valence-corrected chi connectivity index (χ3v) is 5.36. The van der Waals surface area contributed by atoms with Crippen molar-refractivity contribution in [3.8, 4) is 0 Å². The van der Waals surface area contributed by atoms with Crippen LogP contribution in [0.5, 0.6) is 0 Å². The van der Waals surface area contributed by atoms with Gasteiger partial charge in [-0.1, -0.05) is 16.8 Å². The number of hydrogen-bond donors (Lipinski definition) is 1. The topological polar surface area (TPSA) is 93.0 Å². The Labute approximate surface area is 183 Å². The first-order chi connectivity index (χ1) is 14.5. The van der Waals surface area contributed by atoms with Gasteiger partial charge in [-0.05, 0) is 23.8 Å². The zero-order valence-corrected chi connectivity index (χ0v) is 17.8. The summed E-state index contributed by atoms with van der Waals surface area (Å²) in [5, 5.41) is 10.5. The molecule has 2 aromatic heterocycles. The highest BCUT2D eigenvalue weighted by atomic mass is 35.5. The molecule has 13 heteroatoms. The van der Waals surface area contributed by atoms with E-state index >= 15 is 0 Å². The molecule has 0 unspecified atom stereocenters. The number of anilines is 1. The Morgan fingerprint density at radius 1 is 1.29 bits per heavy atom. The van der Waals surface area contributed by atoms with Gasteiger partial charge in [0.25, 0.3) is 5.91 Å². The number of halogens is 4. The van der Waals surface area contributed by atoms with Crippen LogP contribution in [0.2, 0.25) is 5.02 Å². The number of carbonyl (C=O) groups is 2. The van der Waals surface area contributed by atoms with E-state index in [4.69, 9.17) is 11.6 Å². The van der Waals surface area contributed by atoms with Gasteiger partial charge >= 0.3 is 6.18 Å². The third-order valence-electron chi connectivity index (χ3n) is 4.08. The molecule has 31 heavy (non-hydrogen) atoms. The molecule has 0 saturated heterocycles. The van der Waals surface area contributed by atoms with Crippen LogP contribution in [-0.4, -0.2) is 50.8 Å². The van der Waals surface area contributed by atoms with E-state index in [1.807, 2.05) is 0 Å². The van der Waals surface area contributed by atoms with Crippen molar-refractivity contribution >= 4 is 39.9 Å². The fourth-order valence-electron chi connectivity index (χ4n) is 2.44. The number of nitrogens with zero attached hydrogens (tertiary/aromatic N) is 5. The lowest BCUT2D eigenvalue weighted by Gasteiger charge is -2.09. The van der Waals surface area contributed by atoms with Crippen LogP contribution < -0.4 is 5.32 Å². The van der Waals surface area contributed by atoms with Gasteiger partial charge in [0.1, 0.15) is 6.54 Å². The second kappa shape index (κ2) is 9.02. The van der Waals surface area contributed by atoms with Crippen LogP contribution in [0.3, 0.4) is 0 Å². The Bertz CT molecular complexity index is 1110. The highest BCUT2D eigenvalue weighted by molar-refractivity contribution is 7.15. The highest BCUT2D eigenvalue weighted by Gasteiger charge is 2.31. The molecule has 0 bridgehead atoms. The number of hydrogen-bond acceptors (Lipinski definition) is 6. The molecular weight excluding hydrogens is 457 g/mol. The van der Waals surface area contributed by atoms with Crippen LogP contribution in [0.15, 0.2) is 30.6 Å². The fraction of sp³-hybridized carbons (Fsp3) is 0.278. The molecule has 8 nitrogen and oxygen atoms in total. The molecule has 0 aliphatic rings. The minimum absolute atomic E-state index is 0.00997. The minimum Gasteiger partial charge on any atom is -0.347 e. The van der Waals surface area contributed by atoms with Gasteiger partial charge in [-0.3, -0.25) is 14.9 Å². The van der Waals surface area contributed by atoms with Crippen molar-refractivity contribution in [3.05, 3.63) is 57.3 Å². The molecule has 0 saturated carbocycles. The summed E-state index contributed by atoms with van der Waals surface area (Å²) < 4.78 is 40.0. The molecule has 0 radical (unpaired) electrons. The fourth-order valence-corrected chi connectivity index (χ4v) is 3.46. The maximum atomic E-state index is 12.9. The van der Waals surface area contributed by atoms with Gasteiger partial charge in [0.2, 0.25) is 5.91 Å². The molecule has 0 atom stereocenters. The van der Waals surface area contributed by atoms with Gasteiger partial charge in [-0.15, -0.1) is 16.4 Å². The zero-order chi connectivity index (χ0) is 22.8. The monoisotopic (exact) mass is 472 g/mol. The number of nitrogens with one attached hydrogen (secondary N) is 1. The molecule has 1 N–H and O–H groups in total. The van der Waals surface area contributed by atoms with Crippen molar-refractivity contribution in [1.82, 2.24) is 24.9 Å². The molecule has 1 aromatic carbocycles. The van der Waals surface area contributed by atoms with E-state index in [9.17, 15) is 22.8 Å². The third kappa shape index (κ3) is 5.79. The number of rotatable bonds is 6. The molecule has 0 aliphatic carbocycles. The first-order valence-corrected chi connectivity index (χ1v) is 9.94. The molecule has 3 aromatic rings. The SMILES string of the molecule is CN(C)C(=O)Cn1cc(C(=O)Nc2ncc(Cc3cc(C(F)(F)F)ccc3Cl)s2)nn1. The van der Waals surface area contributed by atoms with Crippen LogP contribution in [0.1, 0.15) is 26.5 Å². The zero-order valence-electron chi connectivity index (χ0n) is 16.3. The van der Waals surface area contributed by atoms with E-state index in [1.165, 1.54) is 28.0 Å². The maximum Gasteiger partial charge on any atom is 0.416 e. The molecular formula is C18H16ClF3N6O2S. The molecule has 0 spiro atoms. The molecule has 0 aliphatic heterocycles. The van der Waals surface area contributed by atoms with E-state index in [-0.39, 0.29) is 34.7 Å². The second-order valence-electron chi connectivity index (χ2n) is 6.66. The number of amides is 2. The summed E-state index contributed by atoms with van der Waals surface area (Å²) in [7, 11) is 3.19. The van der Waals surface area contributed by atoms with Crippen molar-refractivity contribution in [2.45, 2.75) is 19.1 Å². The van der Waals surface area contributed by atoms with E-state index in [0.29, 0.717) is 10.4 Å². The highest BCUT2D eigenvalue weighted by Crippen LogP contribution is 2.33. The van der Waals surface area contributed by atoms with Gasteiger partial charge in [0, 0.05) is 36.6 Å². The number of aromatic nitrogens is 4. The van der Waals surface area contributed by atoms with Gasteiger partial charge in [0.15, 0.2) is 10.8 Å². The van der Waals surface area contributed by atoms with Gasteiger partial charge < -0.3 is 4.90 Å². The summed E-state index contributed by atoms with van der Waals surface area (Å²) in [4.78, 5) is 30.1. The molecule has 3 rings (SSSR count). The number of alkyl halides is 3. The largest absolute Gasteiger partial charge is 0.416 e. The average Bonchev–Trinajstić information content (AvgIpc) is 3.32. The number of thiazole rings is 1. The maximum absolute atomic E-state index is 12.9. The Hall–Kier alpha value is -2.99. The Morgan fingerprint density at radius 2 is 2.03 bits per heavy atom. The summed E-state index contributed by atoms with van der Waals surface area (Å²) in [6.07, 6.45) is -1.57. The average molecular weight is 473 g/mol. The van der Waals surface area contributed by atoms with Gasteiger partial charge in [0.05, 0.1) is 11.8 Å². The van der Waals surface area contributed by atoms with Gasteiger partial charge in [-0.2, -0.15) is 13.2 Å². The first-order valence-electron chi connectivity index (χ1n) is 8.75. The summed E-state index contributed by atoms with van der Waals surface area (Å²) in [6.45, 7) is -0.0631. The number of benzene rings is 1. The van der Waals surface area contributed by atoms with Gasteiger partial charge in [-0.25, -0.2) is 9.67 Å². The standard InChI is InChI=1S/C18H16ClF3N6O2S/c1-27(2)15(29)9-28-8-14(25-26-28)16(30)24-17-23-7-12(31-17)6-10-5-11(18(20,21)22)3-4-13(10)19/h3-5,7-8H,6,9H2,1-2H3,(H,23,24,30). The lowest BCUT2D eigenvalue weighted by Crippen LogP contribution is -2.26. The molecule has 0 fully saturated rings. The smallest absolute Gasteiger partial charge is 0.347 e. The van der Waals surface area contributed by atoms with Crippen molar-refractivity contribution in [2.24, 2.45) is 0 Å². The van der Waals surface area contributed by atoms with Crippen LogP contribution in [0, 0.1) is 0 Å². The van der Waals surface area contributed by atoms with Crippen LogP contribution >= 0.6 is 22.9 Å².